The van der Waals surface area contributed by atoms with Gasteiger partial charge in [-0.05, 0) is 32.3 Å². The number of benzene rings is 1. The van der Waals surface area contributed by atoms with E-state index in [4.69, 9.17) is 10.2 Å². The zero-order chi connectivity index (χ0) is 12.4. The Morgan fingerprint density at radius 2 is 1.75 bits per heavy atom. The Bertz CT molecular complexity index is 275. The summed E-state index contributed by atoms with van der Waals surface area (Å²) in [5.41, 5.74) is 1.86. The first kappa shape index (κ1) is 14.8. The van der Waals surface area contributed by atoms with Crippen molar-refractivity contribution in [2.75, 3.05) is 6.61 Å². The predicted molar refractivity (Wildman–Crippen MR) is 64.6 cm³/mol. The maximum absolute atomic E-state index is 10.3. The number of hydrogen-bond acceptors (Lipinski definition) is 3. The van der Waals surface area contributed by atoms with Gasteiger partial charge >= 0.3 is 0 Å². The molecule has 3 heteroatoms. The highest BCUT2D eigenvalue weighted by Gasteiger charge is 1.92. The van der Waals surface area contributed by atoms with Crippen molar-refractivity contribution in [3.63, 3.8) is 0 Å². The highest BCUT2D eigenvalue weighted by atomic mass is 16.3. The third-order valence-corrected chi connectivity index (χ3v) is 1.74. The second kappa shape index (κ2) is 9.07. The van der Waals surface area contributed by atoms with Crippen molar-refractivity contribution in [1.82, 2.24) is 0 Å². The van der Waals surface area contributed by atoms with Crippen molar-refractivity contribution in [2.45, 2.75) is 32.8 Å². The van der Waals surface area contributed by atoms with Crippen LogP contribution in [0.2, 0.25) is 0 Å². The summed E-state index contributed by atoms with van der Waals surface area (Å²) in [5.74, 6) is 0. The maximum atomic E-state index is 10.3. The van der Waals surface area contributed by atoms with E-state index in [0.29, 0.717) is 5.56 Å². The summed E-state index contributed by atoms with van der Waals surface area (Å²) in [5, 5.41) is 16.6. The molecule has 0 aliphatic rings. The number of aryl methyl sites for hydroxylation is 1. The van der Waals surface area contributed by atoms with E-state index in [2.05, 4.69) is 0 Å². The van der Waals surface area contributed by atoms with Crippen molar-refractivity contribution in [3.8, 4) is 0 Å². The molecule has 0 aromatic heterocycles. The lowest BCUT2D eigenvalue weighted by Crippen LogP contribution is -1.89. The third kappa shape index (κ3) is 8.15. The fourth-order valence-corrected chi connectivity index (χ4v) is 1.05. The van der Waals surface area contributed by atoms with Crippen LogP contribution in [0.3, 0.4) is 0 Å². The monoisotopic (exact) mass is 224 g/mol. The summed E-state index contributed by atoms with van der Waals surface area (Å²) in [6, 6.07) is 7.41. The molecule has 0 unspecified atom stereocenters. The average molecular weight is 224 g/mol. The van der Waals surface area contributed by atoms with Crippen LogP contribution in [-0.2, 0) is 6.42 Å². The van der Waals surface area contributed by atoms with Crippen LogP contribution in [0.1, 0.15) is 36.2 Å². The molecule has 0 fully saturated rings. The lowest BCUT2D eigenvalue weighted by atomic mass is 10.1. The quantitative estimate of drug-likeness (QED) is 0.767. The van der Waals surface area contributed by atoms with E-state index in [-0.39, 0.29) is 12.7 Å². The Morgan fingerprint density at radius 3 is 2.12 bits per heavy atom. The lowest BCUT2D eigenvalue weighted by molar-refractivity contribution is 0.112. The molecule has 0 radical (unpaired) electrons. The van der Waals surface area contributed by atoms with E-state index < -0.39 is 0 Å². The minimum Gasteiger partial charge on any atom is -0.396 e. The molecule has 0 atom stereocenters. The average Bonchev–Trinajstić information content (AvgIpc) is 2.26. The van der Waals surface area contributed by atoms with Crippen molar-refractivity contribution >= 4 is 6.29 Å². The van der Waals surface area contributed by atoms with Gasteiger partial charge in [-0.15, -0.1) is 0 Å². The van der Waals surface area contributed by atoms with E-state index >= 15 is 0 Å². The summed E-state index contributed by atoms with van der Waals surface area (Å²) in [7, 11) is 0. The van der Waals surface area contributed by atoms with Crippen molar-refractivity contribution < 1.29 is 15.0 Å². The summed E-state index contributed by atoms with van der Waals surface area (Å²) in [4.78, 5) is 10.3. The van der Waals surface area contributed by atoms with E-state index in [0.717, 1.165) is 24.7 Å². The molecule has 3 nitrogen and oxygen atoms in total. The van der Waals surface area contributed by atoms with Gasteiger partial charge in [0.15, 0.2) is 0 Å². The van der Waals surface area contributed by atoms with Crippen LogP contribution in [0.4, 0.5) is 0 Å². The van der Waals surface area contributed by atoms with Crippen LogP contribution in [0, 0.1) is 0 Å². The summed E-state index contributed by atoms with van der Waals surface area (Å²) in [6.07, 6.45) is 2.31. The first-order valence-corrected chi connectivity index (χ1v) is 5.43. The molecule has 0 aliphatic heterocycles. The molecule has 1 aromatic rings. The molecule has 1 aromatic carbocycles. The van der Waals surface area contributed by atoms with Gasteiger partial charge in [0, 0.05) is 18.3 Å². The molecule has 0 spiro atoms. The minimum atomic E-state index is -0.167. The third-order valence-electron chi connectivity index (χ3n) is 1.74. The van der Waals surface area contributed by atoms with Gasteiger partial charge in [0.1, 0.15) is 6.29 Å². The van der Waals surface area contributed by atoms with Gasteiger partial charge in [0.25, 0.3) is 0 Å². The number of aldehydes is 1. The second-order valence-electron chi connectivity index (χ2n) is 3.78. The van der Waals surface area contributed by atoms with E-state index in [1.807, 2.05) is 12.1 Å². The fourth-order valence-electron chi connectivity index (χ4n) is 1.05. The zero-order valence-electron chi connectivity index (χ0n) is 9.89. The Kier molecular flexibility index (Phi) is 8.39. The van der Waals surface area contributed by atoms with Crippen LogP contribution in [0.25, 0.3) is 0 Å². The fraction of sp³-hybridized carbons (Fsp3) is 0.462. The highest BCUT2D eigenvalue weighted by Crippen LogP contribution is 2.04. The molecule has 0 heterocycles. The number of aliphatic hydroxyl groups excluding tert-OH is 2. The topological polar surface area (TPSA) is 57.5 Å². The Morgan fingerprint density at radius 1 is 1.25 bits per heavy atom. The number of aliphatic hydroxyl groups is 2. The molecule has 90 valence electrons. The van der Waals surface area contributed by atoms with Gasteiger partial charge < -0.3 is 10.2 Å². The van der Waals surface area contributed by atoms with Gasteiger partial charge in [0.05, 0.1) is 0 Å². The van der Waals surface area contributed by atoms with Gasteiger partial charge in [-0.25, -0.2) is 0 Å². The largest absolute Gasteiger partial charge is 0.396 e. The summed E-state index contributed by atoms with van der Waals surface area (Å²) in [6.45, 7) is 3.66. The minimum absolute atomic E-state index is 0.167. The molecule has 0 saturated heterocycles. The Hall–Kier alpha value is -1.19. The highest BCUT2D eigenvalue weighted by molar-refractivity contribution is 5.74. The number of hydrogen-bond donors (Lipinski definition) is 2. The van der Waals surface area contributed by atoms with E-state index in [9.17, 15) is 4.79 Å². The van der Waals surface area contributed by atoms with Gasteiger partial charge in [-0.2, -0.15) is 0 Å². The standard InChI is InChI=1S/C10H12O2.C3H8O/c11-7-1-2-9-3-5-10(8-12)6-4-9;1-3(2)4/h3-6,8,11H,1-2,7H2;3-4H,1-2H3. The molecular weight excluding hydrogens is 204 g/mol. The van der Waals surface area contributed by atoms with Crippen LogP contribution >= 0.6 is 0 Å². The molecule has 0 aliphatic carbocycles. The summed E-state index contributed by atoms with van der Waals surface area (Å²) >= 11 is 0. The molecular formula is C13H20O3. The van der Waals surface area contributed by atoms with Crippen molar-refractivity contribution in [2.24, 2.45) is 0 Å². The number of carbonyl (C=O) groups is 1. The predicted octanol–water partition coefficient (Wildman–Crippen LogP) is 1.81. The molecule has 2 N–H and O–H groups in total. The van der Waals surface area contributed by atoms with Gasteiger partial charge in [-0.3, -0.25) is 4.79 Å². The smallest absolute Gasteiger partial charge is 0.150 e. The Balaban J connectivity index is 0.000000487. The van der Waals surface area contributed by atoms with Gasteiger partial charge in [0.2, 0.25) is 0 Å². The first-order chi connectivity index (χ1) is 7.60. The van der Waals surface area contributed by atoms with Crippen LogP contribution < -0.4 is 0 Å². The lowest BCUT2D eigenvalue weighted by Gasteiger charge is -1.98. The molecule has 0 saturated carbocycles. The summed E-state index contributed by atoms with van der Waals surface area (Å²) < 4.78 is 0. The molecule has 16 heavy (non-hydrogen) atoms. The van der Waals surface area contributed by atoms with Gasteiger partial charge in [-0.1, -0.05) is 24.3 Å². The van der Waals surface area contributed by atoms with E-state index in [1.165, 1.54) is 0 Å². The zero-order valence-corrected chi connectivity index (χ0v) is 9.89. The Labute approximate surface area is 96.7 Å². The van der Waals surface area contributed by atoms with Crippen molar-refractivity contribution in [3.05, 3.63) is 35.4 Å². The van der Waals surface area contributed by atoms with Crippen molar-refractivity contribution in [1.29, 1.82) is 0 Å². The molecule has 0 bridgehead atoms. The first-order valence-electron chi connectivity index (χ1n) is 5.43. The van der Waals surface area contributed by atoms with Crippen LogP contribution in [0.15, 0.2) is 24.3 Å². The molecule has 0 amide bonds. The normalized spacial score (nSPS) is 9.56. The maximum Gasteiger partial charge on any atom is 0.150 e. The SMILES string of the molecule is CC(C)O.O=Cc1ccc(CCCO)cc1. The molecule has 1 rings (SSSR count). The number of carbonyl (C=O) groups excluding carboxylic acids is 1. The second-order valence-corrected chi connectivity index (χ2v) is 3.78. The number of rotatable bonds is 4. The van der Waals surface area contributed by atoms with Crippen LogP contribution in [0.5, 0.6) is 0 Å². The van der Waals surface area contributed by atoms with E-state index in [1.54, 1.807) is 26.0 Å². The van der Waals surface area contributed by atoms with Crippen LogP contribution in [-0.4, -0.2) is 29.2 Å².